The van der Waals surface area contributed by atoms with Crippen molar-refractivity contribution in [1.29, 1.82) is 0 Å². The van der Waals surface area contributed by atoms with Gasteiger partial charge < -0.3 is 0 Å². The summed E-state index contributed by atoms with van der Waals surface area (Å²) in [5, 5.41) is 2.26. The Morgan fingerprint density at radius 3 is 2.64 bits per heavy atom. The first-order chi connectivity index (χ1) is 10.5. The third-order valence-corrected chi connectivity index (χ3v) is 10.7. The number of hydrogen-bond donors (Lipinski definition) is 0. The summed E-state index contributed by atoms with van der Waals surface area (Å²) >= 11 is 3.52. The van der Waals surface area contributed by atoms with Crippen molar-refractivity contribution < 1.29 is 0 Å². The molecule has 0 amide bonds. The van der Waals surface area contributed by atoms with Crippen molar-refractivity contribution in [2.75, 3.05) is 0 Å². The molecular weight excluding hydrogens is 413 g/mol. The van der Waals surface area contributed by atoms with Crippen LogP contribution < -0.4 is 2.89 Å². The molecule has 0 atom stereocenters. The molecule has 0 aliphatic rings. The molecule has 0 unspecified atom stereocenters. The molecule has 3 rings (SSSR count). The molecule has 0 N–H and O–H groups in total. The van der Waals surface area contributed by atoms with Crippen molar-refractivity contribution in [3.8, 4) is 0 Å². The minimum absolute atomic E-state index is 0.491. The molecular formula is C18H25NS2Sn. The molecule has 0 aliphatic carbocycles. The average molecular weight is 438 g/mol. The molecule has 0 fully saturated rings. The molecule has 0 saturated heterocycles. The standard InChI is InChI=1S/C14H16NS2.C4H9.Sn/c1-2-3-4-5-8-15-11-6-9-16-13(11)14-12(15)7-10-17-14;1-4(2)3;/h6-7,9H,2-5,8H2,1H3;1-3H3;. The number of fused-ring (bicyclic) bond motifs is 3. The van der Waals surface area contributed by atoms with Gasteiger partial charge in [0.1, 0.15) is 0 Å². The Kier molecular flexibility index (Phi) is 5.25. The summed E-state index contributed by atoms with van der Waals surface area (Å²) in [5.41, 5.74) is 2.99. The monoisotopic (exact) mass is 439 g/mol. The minimum atomic E-state index is -0.491. The zero-order valence-electron chi connectivity index (χ0n) is 14.0. The SMILES string of the molecule is CCCCCCn1c2ccsc2c2s[c]([Sn][C](C)(C)C)cc21. The van der Waals surface area contributed by atoms with E-state index in [2.05, 4.69) is 61.1 Å². The number of nitrogens with zero attached hydrogens (tertiary/aromatic N) is 1. The summed E-state index contributed by atoms with van der Waals surface area (Å²) in [6.07, 6.45) is 5.35. The van der Waals surface area contributed by atoms with Crippen LogP contribution in [0.3, 0.4) is 0 Å². The van der Waals surface area contributed by atoms with Crippen LogP contribution in [0, 0.1) is 0 Å². The van der Waals surface area contributed by atoms with Crippen LogP contribution in [0.4, 0.5) is 0 Å². The zero-order valence-corrected chi connectivity index (χ0v) is 18.5. The summed E-state index contributed by atoms with van der Waals surface area (Å²) < 4.78 is 7.92. The molecule has 2 radical (unpaired) electrons. The first-order valence-electron chi connectivity index (χ1n) is 8.27. The van der Waals surface area contributed by atoms with E-state index >= 15 is 0 Å². The van der Waals surface area contributed by atoms with E-state index in [9.17, 15) is 0 Å². The average Bonchev–Trinajstić information content (AvgIpc) is 3.07. The van der Waals surface area contributed by atoms with Crippen molar-refractivity contribution >= 4 is 67.1 Å². The molecule has 0 spiro atoms. The van der Waals surface area contributed by atoms with Crippen molar-refractivity contribution in [3.63, 3.8) is 0 Å². The van der Waals surface area contributed by atoms with Crippen molar-refractivity contribution in [3.05, 3.63) is 17.5 Å². The number of rotatable bonds is 6. The van der Waals surface area contributed by atoms with Gasteiger partial charge in [0.05, 0.1) is 0 Å². The molecule has 1 nitrogen and oxygen atoms in total. The summed E-state index contributed by atoms with van der Waals surface area (Å²) in [5.74, 6) is 0. The van der Waals surface area contributed by atoms with E-state index in [1.807, 2.05) is 11.3 Å². The molecule has 0 aromatic carbocycles. The molecule has 0 aliphatic heterocycles. The molecule has 22 heavy (non-hydrogen) atoms. The fourth-order valence-electron chi connectivity index (χ4n) is 2.93. The van der Waals surface area contributed by atoms with Gasteiger partial charge in [-0.3, -0.25) is 0 Å². The van der Waals surface area contributed by atoms with Gasteiger partial charge in [-0.2, -0.15) is 0 Å². The van der Waals surface area contributed by atoms with Gasteiger partial charge in [0.2, 0.25) is 0 Å². The summed E-state index contributed by atoms with van der Waals surface area (Å²) in [6.45, 7) is 10.7. The van der Waals surface area contributed by atoms with E-state index in [4.69, 9.17) is 0 Å². The van der Waals surface area contributed by atoms with Crippen LogP contribution in [0.15, 0.2) is 17.5 Å². The molecule has 0 bridgehead atoms. The number of aromatic nitrogens is 1. The normalized spacial score (nSPS) is 12.7. The summed E-state index contributed by atoms with van der Waals surface area (Å²) in [6, 6.07) is 4.85. The van der Waals surface area contributed by atoms with E-state index in [0.717, 1.165) is 0 Å². The Labute approximate surface area is 151 Å². The van der Waals surface area contributed by atoms with E-state index in [1.165, 1.54) is 48.0 Å². The van der Waals surface area contributed by atoms with Crippen LogP contribution in [0.25, 0.3) is 20.4 Å². The second kappa shape index (κ2) is 6.86. The van der Waals surface area contributed by atoms with Gasteiger partial charge in [-0.1, -0.05) is 0 Å². The maximum atomic E-state index is 2.60. The molecule has 118 valence electrons. The predicted molar refractivity (Wildman–Crippen MR) is 104 cm³/mol. The number of thiophene rings is 2. The first-order valence-corrected chi connectivity index (χ1v) is 12.8. The maximum absolute atomic E-state index is 2.60. The van der Waals surface area contributed by atoms with Gasteiger partial charge in [-0.25, -0.2) is 0 Å². The summed E-state index contributed by atoms with van der Waals surface area (Å²) in [7, 11) is 0. The van der Waals surface area contributed by atoms with Gasteiger partial charge in [0.25, 0.3) is 0 Å². The predicted octanol–water partition coefficient (Wildman–Crippen LogP) is 6.05. The Hall–Kier alpha value is -0.00130. The summed E-state index contributed by atoms with van der Waals surface area (Å²) in [4.78, 5) is 0. The molecule has 3 heterocycles. The molecule has 3 aromatic heterocycles. The Bertz CT molecular complexity index is 757. The van der Waals surface area contributed by atoms with E-state index in [-0.39, 0.29) is 0 Å². The fraction of sp³-hybridized carbons (Fsp3) is 0.556. The molecule has 4 heteroatoms. The molecule has 0 saturated carbocycles. The topological polar surface area (TPSA) is 4.93 Å². The van der Waals surface area contributed by atoms with Gasteiger partial charge in [-0.05, 0) is 0 Å². The second-order valence-electron chi connectivity index (χ2n) is 7.05. The Morgan fingerprint density at radius 1 is 1.09 bits per heavy atom. The van der Waals surface area contributed by atoms with Crippen LogP contribution in [-0.4, -0.2) is 25.7 Å². The third kappa shape index (κ3) is 3.56. The van der Waals surface area contributed by atoms with Gasteiger partial charge in [0, 0.05) is 0 Å². The van der Waals surface area contributed by atoms with Gasteiger partial charge >= 0.3 is 153 Å². The van der Waals surface area contributed by atoms with Crippen molar-refractivity contribution in [1.82, 2.24) is 4.57 Å². The Morgan fingerprint density at radius 2 is 1.91 bits per heavy atom. The Balaban J connectivity index is 1.94. The van der Waals surface area contributed by atoms with Crippen LogP contribution in [0.2, 0.25) is 3.43 Å². The quantitative estimate of drug-likeness (QED) is 0.327. The van der Waals surface area contributed by atoms with Crippen LogP contribution in [0.5, 0.6) is 0 Å². The second-order valence-corrected chi connectivity index (χ2v) is 16.6. The van der Waals surface area contributed by atoms with Crippen LogP contribution in [-0.2, 0) is 6.54 Å². The third-order valence-electron chi connectivity index (χ3n) is 3.88. The number of hydrogen-bond acceptors (Lipinski definition) is 2. The van der Waals surface area contributed by atoms with E-state index < -0.39 is 21.1 Å². The molecule has 3 aromatic rings. The van der Waals surface area contributed by atoms with Crippen molar-refractivity contribution in [2.45, 2.75) is 63.4 Å². The van der Waals surface area contributed by atoms with Crippen LogP contribution >= 0.6 is 22.7 Å². The van der Waals surface area contributed by atoms with Crippen molar-refractivity contribution in [2.24, 2.45) is 0 Å². The first kappa shape index (κ1) is 16.8. The number of aryl methyl sites for hydroxylation is 1. The van der Waals surface area contributed by atoms with E-state index in [1.54, 1.807) is 7.59 Å². The van der Waals surface area contributed by atoms with Gasteiger partial charge in [0.15, 0.2) is 0 Å². The zero-order chi connectivity index (χ0) is 15.7. The van der Waals surface area contributed by atoms with E-state index in [0.29, 0.717) is 3.43 Å². The van der Waals surface area contributed by atoms with Crippen LogP contribution in [0.1, 0.15) is 53.4 Å². The van der Waals surface area contributed by atoms with Gasteiger partial charge in [-0.15, -0.1) is 0 Å². The number of unbranched alkanes of at least 4 members (excludes halogenated alkanes) is 3. The fourth-order valence-corrected chi connectivity index (χ4v) is 11.0.